The van der Waals surface area contributed by atoms with Crippen LogP contribution in [0.3, 0.4) is 0 Å². The van der Waals surface area contributed by atoms with Crippen LogP contribution in [0.25, 0.3) is 5.82 Å². The molecule has 9 nitrogen and oxygen atoms in total. The molecule has 1 unspecified atom stereocenters. The molecule has 0 saturated carbocycles. The number of aryl methyl sites for hydroxylation is 1. The van der Waals surface area contributed by atoms with Crippen LogP contribution in [0.4, 0.5) is 11.6 Å². The first-order chi connectivity index (χ1) is 16.1. The van der Waals surface area contributed by atoms with Crippen LogP contribution in [0, 0.1) is 6.92 Å². The Hall–Kier alpha value is -3.62. The van der Waals surface area contributed by atoms with Crippen molar-refractivity contribution in [2.75, 3.05) is 37.0 Å². The van der Waals surface area contributed by atoms with Crippen molar-refractivity contribution in [2.45, 2.75) is 39.0 Å². The second-order valence-corrected chi connectivity index (χ2v) is 8.35. The van der Waals surface area contributed by atoms with E-state index in [4.69, 9.17) is 14.6 Å². The summed E-state index contributed by atoms with van der Waals surface area (Å²) in [5.41, 5.74) is 2.80. The first kappa shape index (κ1) is 21.2. The molecule has 1 N–H and O–H groups in total. The normalized spacial score (nSPS) is 17.6. The minimum absolute atomic E-state index is 0.0665. The molecule has 1 saturated heterocycles. The van der Waals surface area contributed by atoms with Gasteiger partial charge in [0.05, 0.1) is 19.4 Å². The molecule has 0 aliphatic carbocycles. The Morgan fingerprint density at radius 2 is 1.85 bits per heavy atom. The fourth-order valence-electron chi connectivity index (χ4n) is 4.72. The molecule has 3 aromatic rings. The van der Waals surface area contributed by atoms with Crippen molar-refractivity contribution < 1.29 is 14.3 Å². The van der Waals surface area contributed by atoms with Crippen LogP contribution in [0.2, 0.25) is 0 Å². The van der Waals surface area contributed by atoms with Gasteiger partial charge in [-0.05, 0) is 56.5 Å². The molecule has 0 spiro atoms. The SMILES string of the molecule is CCOc1ccc(C2CC(=O)Nc3c2c(C)nn3-c2ccc(N3CCCC3)nn2)cc1OC. The number of hydrogen-bond donors (Lipinski definition) is 1. The van der Waals surface area contributed by atoms with E-state index < -0.39 is 0 Å². The van der Waals surface area contributed by atoms with Gasteiger partial charge >= 0.3 is 0 Å². The molecule has 1 aromatic carbocycles. The van der Waals surface area contributed by atoms with E-state index in [2.05, 4.69) is 20.4 Å². The zero-order valence-corrected chi connectivity index (χ0v) is 19.2. The van der Waals surface area contributed by atoms with Gasteiger partial charge in [0.15, 0.2) is 23.1 Å². The molecule has 1 fully saturated rings. The highest BCUT2D eigenvalue weighted by Gasteiger charge is 2.33. The number of ether oxygens (including phenoxy) is 2. The number of carbonyl (C=O) groups excluding carboxylic acids is 1. The van der Waals surface area contributed by atoms with E-state index in [0.29, 0.717) is 36.2 Å². The summed E-state index contributed by atoms with van der Waals surface area (Å²) in [6.45, 7) is 6.46. The summed E-state index contributed by atoms with van der Waals surface area (Å²) in [5.74, 6) is 3.21. The lowest BCUT2D eigenvalue weighted by Crippen LogP contribution is -2.25. The zero-order chi connectivity index (χ0) is 22.9. The zero-order valence-electron chi connectivity index (χ0n) is 19.2. The molecule has 0 bridgehead atoms. The van der Waals surface area contributed by atoms with Crippen LogP contribution in [-0.2, 0) is 4.79 Å². The van der Waals surface area contributed by atoms with Gasteiger partial charge in [-0.3, -0.25) is 4.79 Å². The Morgan fingerprint density at radius 3 is 2.55 bits per heavy atom. The third kappa shape index (κ3) is 3.88. The molecule has 2 aliphatic rings. The Balaban J connectivity index is 1.52. The molecule has 4 heterocycles. The second-order valence-electron chi connectivity index (χ2n) is 8.35. The summed E-state index contributed by atoms with van der Waals surface area (Å²) in [6, 6.07) is 9.70. The Bertz CT molecular complexity index is 1170. The van der Waals surface area contributed by atoms with Gasteiger partial charge < -0.3 is 19.7 Å². The molecule has 5 rings (SSSR count). The number of amides is 1. The quantitative estimate of drug-likeness (QED) is 0.617. The predicted molar refractivity (Wildman–Crippen MR) is 125 cm³/mol. The van der Waals surface area contributed by atoms with E-state index in [1.165, 1.54) is 12.8 Å². The van der Waals surface area contributed by atoms with Gasteiger partial charge in [-0.15, -0.1) is 10.2 Å². The number of benzene rings is 1. The third-order valence-corrected chi connectivity index (χ3v) is 6.28. The Labute approximate surface area is 192 Å². The number of nitrogens with zero attached hydrogens (tertiary/aromatic N) is 5. The summed E-state index contributed by atoms with van der Waals surface area (Å²) >= 11 is 0. The summed E-state index contributed by atoms with van der Waals surface area (Å²) in [4.78, 5) is 14.9. The molecule has 9 heteroatoms. The molecule has 172 valence electrons. The maximum atomic E-state index is 12.7. The highest BCUT2D eigenvalue weighted by atomic mass is 16.5. The number of fused-ring (bicyclic) bond motifs is 1. The van der Waals surface area contributed by atoms with Crippen molar-refractivity contribution in [3.63, 3.8) is 0 Å². The van der Waals surface area contributed by atoms with Gasteiger partial charge in [0.2, 0.25) is 5.91 Å². The summed E-state index contributed by atoms with van der Waals surface area (Å²) in [7, 11) is 1.62. The fourth-order valence-corrected chi connectivity index (χ4v) is 4.72. The van der Waals surface area contributed by atoms with Crippen molar-refractivity contribution >= 4 is 17.5 Å². The first-order valence-corrected chi connectivity index (χ1v) is 11.4. The number of anilines is 2. The molecular weight excluding hydrogens is 420 g/mol. The van der Waals surface area contributed by atoms with E-state index in [9.17, 15) is 4.79 Å². The number of hydrogen-bond acceptors (Lipinski definition) is 7. The standard InChI is InChI=1S/C24H28N6O3/c1-4-33-18-8-7-16(13-19(18)32-3)17-14-22(31)25-24-23(17)15(2)28-30(24)21-10-9-20(26-27-21)29-11-5-6-12-29/h7-10,13,17H,4-6,11-12,14H2,1-3H3,(H,25,31). The monoisotopic (exact) mass is 448 g/mol. The van der Waals surface area contributed by atoms with E-state index in [-0.39, 0.29) is 11.8 Å². The third-order valence-electron chi connectivity index (χ3n) is 6.28. The van der Waals surface area contributed by atoms with Gasteiger partial charge in [-0.1, -0.05) is 6.07 Å². The van der Waals surface area contributed by atoms with Gasteiger partial charge in [0.1, 0.15) is 5.82 Å². The van der Waals surface area contributed by atoms with Gasteiger partial charge in [-0.25, -0.2) is 0 Å². The van der Waals surface area contributed by atoms with E-state index in [1.54, 1.807) is 11.8 Å². The molecule has 1 amide bonds. The Morgan fingerprint density at radius 1 is 1.09 bits per heavy atom. The van der Waals surface area contributed by atoms with Crippen molar-refractivity contribution in [2.24, 2.45) is 0 Å². The summed E-state index contributed by atoms with van der Waals surface area (Å²) < 4.78 is 12.9. The molecule has 1 atom stereocenters. The summed E-state index contributed by atoms with van der Waals surface area (Å²) in [5, 5.41) is 16.6. The van der Waals surface area contributed by atoms with Crippen molar-refractivity contribution in [3.8, 4) is 17.3 Å². The lowest BCUT2D eigenvalue weighted by atomic mass is 9.85. The lowest BCUT2D eigenvalue weighted by molar-refractivity contribution is -0.116. The fraction of sp³-hybridized carbons (Fsp3) is 0.417. The van der Waals surface area contributed by atoms with E-state index in [1.807, 2.05) is 44.2 Å². The van der Waals surface area contributed by atoms with Crippen molar-refractivity contribution in [3.05, 3.63) is 47.2 Å². The Kier molecular flexibility index (Phi) is 5.62. The smallest absolute Gasteiger partial charge is 0.226 e. The minimum Gasteiger partial charge on any atom is -0.493 e. The summed E-state index contributed by atoms with van der Waals surface area (Å²) in [6.07, 6.45) is 2.69. The molecule has 2 aliphatic heterocycles. The van der Waals surface area contributed by atoms with Gasteiger partial charge in [-0.2, -0.15) is 9.78 Å². The average molecular weight is 449 g/mol. The number of rotatable bonds is 6. The number of methoxy groups -OCH3 is 1. The molecular formula is C24H28N6O3. The van der Waals surface area contributed by atoms with Crippen molar-refractivity contribution in [1.29, 1.82) is 0 Å². The number of nitrogens with one attached hydrogen (secondary N) is 1. The number of aromatic nitrogens is 4. The van der Waals surface area contributed by atoms with Gasteiger partial charge in [0, 0.05) is 31.0 Å². The first-order valence-electron chi connectivity index (χ1n) is 11.4. The maximum absolute atomic E-state index is 12.7. The van der Waals surface area contributed by atoms with Gasteiger partial charge in [0.25, 0.3) is 0 Å². The van der Waals surface area contributed by atoms with Crippen LogP contribution in [-0.4, -0.2) is 52.7 Å². The highest BCUT2D eigenvalue weighted by molar-refractivity contribution is 5.95. The van der Waals surface area contributed by atoms with Crippen LogP contribution in [0.15, 0.2) is 30.3 Å². The lowest BCUT2D eigenvalue weighted by Gasteiger charge is -2.25. The average Bonchev–Trinajstić information content (AvgIpc) is 3.48. The van der Waals surface area contributed by atoms with Crippen LogP contribution < -0.4 is 19.7 Å². The molecule has 33 heavy (non-hydrogen) atoms. The minimum atomic E-state index is -0.149. The second kappa shape index (κ2) is 8.73. The molecule has 2 aromatic heterocycles. The maximum Gasteiger partial charge on any atom is 0.226 e. The number of carbonyl (C=O) groups is 1. The van der Waals surface area contributed by atoms with Crippen LogP contribution in [0.1, 0.15) is 48.9 Å². The van der Waals surface area contributed by atoms with Crippen LogP contribution >= 0.6 is 0 Å². The molecule has 0 radical (unpaired) electrons. The van der Waals surface area contributed by atoms with E-state index in [0.717, 1.165) is 35.7 Å². The largest absolute Gasteiger partial charge is 0.493 e. The van der Waals surface area contributed by atoms with Crippen LogP contribution in [0.5, 0.6) is 11.5 Å². The highest BCUT2D eigenvalue weighted by Crippen LogP contribution is 2.42. The van der Waals surface area contributed by atoms with Crippen molar-refractivity contribution in [1.82, 2.24) is 20.0 Å². The van der Waals surface area contributed by atoms with E-state index >= 15 is 0 Å². The topological polar surface area (TPSA) is 94.4 Å². The predicted octanol–water partition coefficient (Wildman–Crippen LogP) is 3.45.